The van der Waals surface area contributed by atoms with Crippen molar-refractivity contribution in [3.05, 3.63) is 87.2 Å². The Labute approximate surface area is 255 Å². The average Bonchev–Trinajstić information content (AvgIpc) is 3.63. The normalized spacial score (nSPS) is 14.9. The molecule has 0 saturated heterocycles. The molecule has 3 aromatic heterocycles. The van der Waals surface area contributed by atoms with Crippen molar-refractivity contribution in [3.8, 4) is 6.07 Å². The van der Waals surface area contributed by atoms with E-state index in [2.05, 4.69) is 59.7 Å². The summed E-state index contributed by atoms with van der Waals surface area (Å²) in [6.07, 6.45) is 8.50. The minimum absolute atomic E-state index is 0.0122. The number of nitrogens with zero attached hydrogens (tertiary/aromatic N) is 6. The van der Waals surface area contributed by atoms with Crippen molar-refractivity contribution in [2.24, 2.45) is 12.5 Å². The summed E-state index contributed by atoms with van der Waals surface area (Å²) in [4.78, 5) is 17.6. The lowest BCUT2D eigenvalue weighted by molar-refractivity contribution is 0.407. The molecule has 0 amide bonds. The second-order valence-corrected chi connectivity index (χ2v) is 13.1. The maximum absolute atomic E-state index is 13.1. The molecule has 1 atom stereocenters. The number of pyridine rings is 2. The third kappa shape index (κ3) is 5.32. The fourth-order valence-electron chi connectivity index (χ4n) is 5.63. The Kier molecular flexibility index (Phi) is 7.13. The molecule has 3 heterocycles. The number of nitrogens with one attached hydrogen (secondary N) is 2. The maximum Gasteiger partial charge on any atom is 0.258 e. The largest absolute Gasteiger partial charge is 0.383 e. The van der Waals surface area contributed by atoms with Crippen LogP contribution in [-0.2, 0) is 12.6 Å². The molecule has 6 rings (SSSR count). The highest BCUT2D eigenvalue weighted by atomic mass is 35.5. The van der Waals surface area contributed by atoms with Gasteiger partial charge in [-0.3, -0.25) is 9.78 Å². The van der Waals surface area contributed by atoms with Crippen LogP contribution in [0.15, 0.2) is 59.8 Å². The summed E-state index contributed by atoms with van der Waals surface area (Å²) < 4.78 is 3.57. The van der Waals surface area contributed by atoms with Crippen LogP contribution in [-0.4, -0.2) is 31.1 Å². The number of halogens is 1. The van der Waals surface area contributed by atoms with Gasteiger partial charge in [-0.25, -0.2) is 4.68 Å². The van der Waals surface area contributed by atoms with Crippen LogP contribution in [0.3, 0.4) is 0 Å². The molecule has 0 radical (unpaired) electrons. The molecule has 10 heteroatoms. The third-order valence-corrected chi connectivity index (χ3v) is 8.68. The number of aryl methyl sites for hydroxylation is 1. The molecule has 1 aliphatic rings. The van der Waals surface area contributed by atoms with Gasteiger partial charge < -0.3 is 15.2 Å². The minimum Gasteiger partial charge on any atom is -0.383 e. The molecule has 0 bridgehead atoms. The first-order valence-electron chi connectivity index (χ1n) is 14.6. The number of hydrogen-bond acceptors (Lipinski definition) is 7. The first-order chi connectivity index (χ1) is 20.5. The lowest BCUT2D eigenvalue weighted by Crippen LogP contribution is -2.20. The number of aromatic nitrogens is 5. The zero-order chi connectivity index (χ0) is 30.5. The fourth-order valence-corrected chi connectivity index (χ4v) is 5.90. The predicted octanol–water partition coefficient (Wildman–Crippen LogP) is 6.76. The first kappa shape index (κ1) is 28.7. The summed E-state index contributed by atoms with van der Waals surface area (Å²) in [5, 5.41) is 28.9. The van der Waals surface area contributed by atoms with Gasteiger partial charge in [-0.15, -0.1) is 5.10 Å². The van der Waals surface area contributed by atoms with E-state index in [0.29, 0.717) is 33.7 Å². The number of anilines is 2. The van der Waals surface area contributed by atoms with Gasteiger partial charge in [0.2, 0.25) is 0 Å². The van der Waals surface area contributed by atoms with Gasteiger partial charge in [-0.1, -0.05) is 56.6 Å². The van der Waals surface area contributed by atoms with Gasteiger partial charge in [0.05, 0.1) is 39.6 Å². The van der Waals surface area contributed by atoms with E-state index in [4.69, 9.17) is 11.6 Å². The van der Waals surface area contributed by atoms with Crippen LogP contribution < -0.4 is 16.2 Å². The van der Waals surface area contributed by atoms with Crippen LogP contribution in [0.1, 0.15) is 69.8 Å². The first-order valence-corrected chi connectivity index (χ1v) is 14.9. The Hall–Kier alpha value is -4.42. The summed E-state index contributed by atoms with van der Waals surface area (Å²) >= 11 is 6.83. The molecule has 0 spiro atoms. The van der Waals surface area contributed by atoms with Crippen LogP contribution in [0.2, 0.25) is 5.02 Å². The Balaban J connectivity index is 1.51. The Morgan fingerprint density at radius 3 is 2.65 bits per heavy atom. The van der Waals surface area contributed by atoms with Gasteiger partial charge in [0, 0.05) is 42.4 Å². The summed E-state index contributed by atoms with van der Waals surface area (Å²) in [5.74, 6) is 0. The highest BCUT2D eigenvalue weighted by Gasteiger charge is 2.44. The van der Waals surface area contributed by atoms with Crippen LogP contribution in [0.4, 0.5) is 11.4 Å². The molecule has 220 valence electrons. The molecule has 2 aromatic carbocycles. The predicted molar refractivity (Wildman–Crippen MR) is 172 cm³/mol. The van der Waals surface area contributed by atoms with Crippen molar-refractivity contribution in [1.29, 1.82) is 5.26 Å². The molecule has 9 nitrogen and oxygen atoms in total. The van der Waals surface area contributed by atoms with E-state index in [-0.39, 0.29) is 16.5 Å². The average molecular weight is 595 g/mol. The van der Waals surface area contributed by atoms with Gasteiger partial charge in [-0.05, 0) is 59.9 Å². The van der Waals surface area contributed by atoms with E-state index in [9.17, 15) is 10.1 Å². The fraction of sp³-hybridized carbons (Fsp3) is 0.364. The molecular weight excluding hydrogens is 560 g/mol. The second-order valence-electron chi connectivity index (χ2n) is 12.7. The van der Waals surface area contributed by atoms with Crippen LogP contribution >= 0.6 is 11.6 Å². The molecule has 1 aliphatic carbocycles. The van der Waals surface area contributed by atoms with Gasteiger partial charge >= 0.3 is 0 Å². The number of fused-ring (bicyclic) bond motifs is 2. The number of nitriles is 1. The number of hydrogen-bond donors (Lipinski definition) is 2. The highest BCUT2D eigenvalue weighted by Crippen LogP contribution is 2.46. The molecule has 0 aliphatic heterocycles. The van der Waals surface area contributed by atoms with Gasteiger partial charge in [0.25, 0.3) is 5.56 Å². The monoisotopic (exact) mass is 594 g/mol. The van der Waals surface area contributed by atoms with Crippen molar-refractivity contribution in [1.82, 2.24) is 24.5 Å². The lowest BCUT2D eigenvalue weighted by atomic mass is 9.96. The van der Waals surface area contributed by atoms with Gasteiger partial charge in [0.15, 0.2) is 0 Å². The zero-order valence-corrected chi connectivity index (χ0v) is 25.8. The summed E-state index contributed by atoms with van der Waals surface area (Å²) in [5.41, 5.74) is 4.05. The SMILES string of the molecule is CCC1(n2cc(C(Nc3cc(Cl)c4ncc(C#N)c(NCC(C)(C)C)c4c3)c3cccc4c(=O)n(C)ccc34)nn2)CC1. The highest BCUT2D eigenvalue weighted by molar-refractivity contribution is 6.35. The van der Waals surface area contributed by atoms with Gasteiger partial charge in [-0.2, -0.15) is 5.26 Å². The minimum atomic E-state index is -0.441. The second kappa shape index (κ2) is 10.7. The smallest absolute Gasteiger partial charge is 0.258 e. The summed E-state index contributed by atoms with van der Waals surface area (Å²) in [6.45, 7) is 9.24. The van der Waals surface area contributed by atoms with Crippen molar-refractivity contribution in [2.45, 2.75) is 58.5 Å². The Bertz CT molecular complexity index is 1960. The Morgan fingerprint density at radius 1 is 1.16 bits per heavy atom. The van der Waals surface area contributed by atoms with Crippen molar-refractivity contribution < 1.29 is 0 Å². The van der Waals surface area contributed by atoms with Crippen molar-refractivity contribution in [2.75, 3.05) is 17.2 Å². The third-order valence-electron chi connectivity index (χ3n) is 8.40. The molecule has 1 saturated carbocycles. The molecule has 1 fully saturated rings. The number of benzene rings is 2. The van der Waals surface area contributed by atoms with Crippen LogP contribution in [0.5, 0.6) is 0 Å². The standard InChI is InChI=1S/C33H35ClN8O/c1-6-33(11-12-33)42-18-27(39-40-42)30(23-8-7-9-24-22(23)10-13-41(5)31(24)43)38-21-14-25-28(37-19-32(2,3)4)20(16-35)17-36-29(25)26(34)15-21/h7-10,13-15,17-18,30,38H,6,11-12,19H2,1-5H3,(H,36,37). The molecule has 1 unspecified atom stereocenters. The van der Waals surface area contributed by atoms with E-state index < -0.39 is 6.04 Å². The van der Waals surface area contributed by atoms with Crippen LogP contribution in [0, 0.1) is 16.7 Å². The van der Waals surface area contributed by atoms with Crippen LogP contribution in [0.25, 0.3) is 21.7 Å². The van der Waals surface area contributed by atoms with Gasteiger partial charge in [0.1, 0.15) is 11.8 Å². The molecule has 2 N–H and O–H groups in total. The molecular formula is C33H35ClN8O. The molecule has 43 heavy (non-hydrogen) atoms. The van der Waals surface area contributed by atoms with Crippen molar-refractivity contribution >= 4 is 44.7 Å². The summed E-state index contributed by atoms with van der Waals surface area (Å²) in [7, 11) is 1.75. The van der Waals surface area contributed by atoms with Crippen molar-refractivity contribution in [3.63, 3.8) is 0 Å². The van der Waals surface area contributed by atoms with E-state index in [0.717, 1.165) is 47.0 Å². The topological polar surface area (TPSA) is 113 Å². The summed E-state index contributed by atoms with van der Waals surface area (Å²) in [6, 6.07) is 13.4. The zero-order valence-electron chi connectivity index (χ0n) is 25.1. The van der Waals surface area contributed by atoms with E-state index in [1.807, 2.05) is 47.3 Å². The molecule has 5 aromatic rings. The van der Waals surface area contributed by atoms with E-state index >= 15 is 0 Å². The van der Waals surface area contributed by atoms with E-state index in [1.54, 1.807) is 24.0 Å². The maximum atomic E-state index is 13.1. The quantitative estimate of drug-likeness (QED) is 0.204. The Morgan fingerprint density at radius 2 is 1.95 bits per heavy atom. The number of rotatable bonds is 8. The lowest BCUT2D eigenvalue weighted by Gasteiger charge is -2.23. The van der Waals surface area contributed by atoms with E-state index in [1.165, 1.54) is 0 Å².